The van der Waals surface area contributed by atoms with Gasteiger partial charge in [0.1, 0.15) is 5.75 Å². The molecule has 4 nitrogen and oxygen atoms in total. The number of carboxylic acid groups (broad SMARTS) is 1. The summed E-state index contributed by atoms with van der Waals surface area (Å²) in [6.45, 7) is 3.99. The summed E-state index contributed by atoms with van der Waals surface area (Å²) in [6.07, 6.45) is -0.0354. The molecule has 90 valence electrons. The summed E-state index contributed by atoms with van der Waals surface area (Å²) in [5, 5.41) is 19.4. The molecule has 0 saturated heterocycles. The van der Waals surface area contributed by atoms with Crippen LogP contribution >= 0.6 is 0 Å². The van der Waals surface area contributed by atoms with E-state index >= 15 is 0 Å². The van der Waals surface area contributed by atoms with Crippen molar-refractivity contribution in [1.82, 2.24) is 4.57 Å². The lowest BCUT2D eigenvalue weighted by molar-refractivity contribution is -0.136. The van der Waals surface area contributed by atoms with Crippen LogP contribution in [0, 0.1) is 0 Å². The van der Waals surface area contributed by atoms with E-state index in [1.807, 2.05) is 24.5 Å². The summed E-state index contributed by atoms with van der Waals surface area (Å²) in [5.74, 6) is -0.678. The summed E-state index contributed by atoms with van der Waals surface area (Å²) in [6, 6.07) is 7.17. The molecule has 0 fully saturated rings. The molecule has 2 rings (SSSR count). The highest BCUT2D eigenvalue weighted by atomic mass is 16.4. The number of aromatic nitrogens is 1. The Morgan fingerprint density at radius 2 is 2.12 bits per heavy atom. The van der Waals surface area contributed by atoms with E-state index in [0.29, 0.717) is 11.1 Å². The fourth-order valence-corrected chi connectivity index (χ4v) is 2.19. The van der Waals surface area contributed by atoms with Crippen LogP contribution in [-0.2, 0) is 11.2 Å². The molecule has 0 aliphatic carbocycles. The van der Waals surface area contributed by atoms with Crippen LogP contribution in [0.25, 0.3) is 10.9 Å². The smallest absolute Gasteiger partial charge is 0.309 e. The van der Waals surface area contributed by atoms with E-state index in [2.05, 4.69) is 0 Å². The number of carbonyl (C=O) groups is 1. The molecule has 1 aromatic carbocycles. The van der Waals surface area contributed by atoms with Gasteiger partial charge in [0, 0.05) is 17.1 Å². The van der Waals surface area contributed by atoms with Crippen LogP contribution in [0.2, 0.25) is 0 Å². The van der Waals surface area contributed by atoms with Gasteiger partial charge in [-0.15, -0.1) is 0 Å². The van der Waals surface area contributed by atoms with Crippen LogP contribution < -0.4 is 0 Å². The molecule has 1 heterocycles. The number of benzene rings is 1. The van der Waals surface area contributed by atoms with Crippen molar-refractivity contribution in [3.05, 3.63) is 30.0 Å². The average molecular weight is 233 g/mol. The molecule has 2 aromatic rings. The third kappa shape index (κ3) is 1.98. The van der Waals surface area contributed by atoms with E-state index in [4.69, 9.17) is 5.11 Å². The molecule has 0 aliphatic rings. The van der Waals surface area contributed by atoms with E-state index < -0.39 is 5.97 Å². The van der Waals surface area contributed by atoms with Crippen LogP contribution in [0.4, 0.5) is 0 Å². The maximum absolute atomic E-state index is 10.8. The first-order chi connectivity index (χ1) is 8.00. The topological polar surface area (TPSA) is 62.5 Å². The van der Waals surface area contributed by atoms with Gasteiger partial charge in [-0.2, -0.15) is 0 Å². The SMILES string of the molecule is CC(C)n1c(CC(=O)O)cc2c(O)cccc21. The summed E-state index contributed by atoms with van der Waals surface area (Å²) >= 11 is 0. The average Bonchev–Trinajstić information content (AvgIpc) is 2.56. The minimum absolute atomic E-state index is 0.0354. The molecule has 0 radical (unpaired) electrons. The van der Waals surface area contributed by atoms with Gasteiger partial charge in [-0.3, -0.25) is 4.79 Å². The fourth-order valence-electron chi connectivity index (χ4n) is 2.19. The highest BCUT2D eigenvalue weighted by molar-refractivity contribution is 5.88. The lowest BCUT2D eigenvalue weighted by Gasteiger charge is -2.13. The van der Waals surface area contributed by atoms with Crippen LogP contribution in [0.3, 0.4) is 0 Å². The lowest BCUT2D eigenvalue weighted by atomic mass is 10.2. The number of aliphatic carboxylic acids is 1. The lowest BCUT2D eigenvalue weighted by Crippen LogP contribution is -2.09. The van der Waals surface area contributed by atoms with Gasteiger partial charge in [0.25, 0.3) is 0 Å². The van der Waals surface area contributed by atoms with Crippen molar-refractivity contribution in [2.75, 3.05) is 0 Å². The Bertz CT molecular complexity index is 569. The van der Waals surface area contributed by atoms with Crippen LogP contribution in [0.15, 0.2) is 24.3 Å². The quantitative estimate of drug-likeness (QED) is 0.856. The first-order valence-electron chi connectivity index (χ1n) is 5.54. The molecule has 0 unspecified atom stereocenters. The monoisotopic (exact) mass is 233 g/mol. The molecule has 0 amide bonds. The van der Waals surface area contributed by atoms with E-state index in [0.717, 1.165) is 5.52 Å². The zero-order valence-electron chi connectivity index (χ0n) is 9.84. The third-order valence-corrected chi connectivity index (χ3v) is 2.79. The second kappa shape index (κ2) is 4.13. The normalized spacial score (nSPS) is 11.2. The number of rotatable bonds is 3. The van der Waals surface area contributed by atoms with Crippen molar-refractivity contribution < 1.29 is 15.0 Å². The molecular weight excluding hydrogens is 218 g/mol. The number of aromatic hydroxyl groups is 1. The Kier molecular flexibility index (Phi) is 2.79. The van der Waals surface area contributed by atoms with Crippen molar-refractivity contribution in [3.8, 4) is 5.75 Å². The molecular formula is C13H15NO3. The largest absolute Gasteiger partial charge is 0.507 e. The molecule has 4 heteroatoms. The predicted molar refractivity (Wildman–Crippen MR) is 65.3 cm³/mol. The van der Waals surface area contributed by atoms with Gasteiger partial charge in [-0.1, -0.05) is 6.07 Å². The van der Waals surface area contributed by atoms with Crippen molar-refractivity contribution in [2.24, 2.45) is 0 Å². The predicted octanol–water partition coefficient (Wildman–Crippen LogP) is 2.55. The zero-order valence-corrected chi connectivity index (χ0v) is 9.84. The minimum atomic E-state index is -0.866. The number of nitrogens with zero attached hydrogens (tertiary/aromatic N) is 1. The Hall–Kier alpha value is -1.97. The van der Waals surface area contributed by atoms with Gasteiger partial charge in [0.05, 0.1) is 11.9 Å². The number of phenols is 1. The molecule has 2 N–H and O–H groups in total. The Labute approximate surface area is 99.1 Å². The summed E-state index contributed by atoms with van der Waals surface area (Å²) in [4.78, 5) is 10.8. The number of hydrogen-bond donors (Lipinski definition) is 2. The number of hydrogen-bond acceptors (Lipinski definition) is 2. The van der Waals surface area contributed by atoms with Crippen molar-refractivity contribution >= 4 is 16.9 Å². The molecule has 1 aromatic heterocycles. The fraction of sp³-hybridized carbons (Fsp3) is 0.308. The van der Waals surface area contributed by atoms with Gasteiger partial charge >= 0.3 is 5.97 Å². The van der Waals surface area contributed by atoms with Crippen molar-refractivity contribution in [1.29, 1.82) is 0 Å². The van der Waals surface area contributed by atoms with Crippen molar-refractivity contribution in [3.63, 3.8) is 0 Å². The molecule has 0 bridgehead atoms. The Morgan fingerprint density at radius 1 is 1.41 bits per heavy atom. The maximum atomic E-state index is 10.8. The number of fused-ring (bicyclic) bond motifs is 1. The van der Waals surface area contributed by atoms with Crippen LogP contribution in [-0.4, -0.2) is 20.7 Å². The van der Waals surface area contributed by atoms with Gasteiger partial charge in [-0.25, -0.2) is 0 Å². The van der Waals surface area contributed by atoms with Crippen LogP contribution in [0.1, 0.15) is 25.6 Å². The molecule has 0 aliphatic heterocycles. The standard InChI is InChI=1S/C13H15NO3/c1-8(2)14-9(7-13(16)17)6-10-11(14)4-3-5-12(10)15/h3-6,8,15H,7H2,1-2H3,(H,16,17). The van der Waals surface area contributed by atoms with E-state index in [9.17, 15) is 9.90 Å². The van der Waals surface area contributed by atoms with Crippen LogP contribution in [0.5, 0.6) is 5.75 Å². The minimum Gasteiger partial charge on any atom is -0.507 e. The molecule has 0 spiro atoms. The highest BCUT2D eigenvalue weighted by Crippen LogP contribution is 2.30. The second-order valence-electron chi connectivity index (χ2n) is 4.38. The van der Waals surface area contributed by atoms with Gasteiger partial charge in [0.2, 0.25) is 0 Å². The summed E-state index contributed by atoms with van der Waals surface area (Å²) in [7, 11) is 0. The summed E-state index contributed by atoms with van der Waals surface area (Å²) in [5.41, 5.74) is 1.58. The summed E-state index contributed by atoms with van der Waals surface area (Å²) < 4.78 is 1.95. The molecule has 0 saturated carbocycles. The molecule has 17 heavy (non-hydrogen) atoms. The maximum Gasteiger partial charge on any atom is 0.309 e. The van der Waals surface area contributed by atoms with E-state index in [1.165, 1.54) is 0 Å². The third-order valence-electron chi connectivity index (χ3n) is 2.79. The highest BCUT2D eigenvalue weighted by Gasteiger charge is 2.15. The molecule has 0 atom stereocenters. The van der Waals surface area contributed by atoms with E-state index in [-0.39, 0.29) is 18.2 Å². The van der Waals surface area contributed by atoms with Gasteiger partial charge < -0.3 is 14.8 Å². The Morgan fingerprint density at radius 3 is 2.71 bits per heavy atom. The van der Waals surface area contributed by atoms with Crippen molar-refractivity contribution in [2.45, 2.75) is 26.3 Å². The first kappa shape index (κ1) is 11.5. The van der Waals surface area contributed by atoms with Gasteiger partial charge in [0.15, 0.2) is 0 Å². The second-order valence-corrected chi connectivity index (χ2v) is 4.38. The Balaban J connectivity index is 2.70. The first-order valence-corrected chi connectivity index (χ1v) is 5.54. The zero-order chi connectivity index (χ0) is 12.6. The number of phenolic OH excluding ortho intramolecular Hbond substituents is 1. The van der Waals surface area contributed by atoms with Gasteiger partial charge in [-0.05, 0) is 32.0 Å². The number of carboxylic acids is 1. The van der Waals surface area contributed by atoms with E-state index in [1.54, 1.807) is 18.2 Å².